The lowest BCUT2D eigenvalue weighted by Gasteiger charge is -2.06. The third kappa shape index (κ3) is 4.42. The monoisotopic (exact) mass is 257 g/mol. The number of nitrogens with one attached hydrogen (secondary N) is 1. The number of nitrogens with two attached hydrogens (primary N) is 2. The van der Waals surface area contributed by atoms with Crippen LogP contribution in [0.5, 0.6) is 0 Å². The summed E-state index contributed by atoms with van der Waals surface area (Å²) in [6.45, 7) is 0.527. The average Bonchev–Trinajstić information content (AvgIpc) is 2.72. The predicted molar refractivity (Wildman–Crippen MR) is 68.1 cm³/mol. The molecule has 0 spiro atoms. The van der Waals surface area contributed by atoms with Crippen molar-refractivity contribution in [2.24, 2.45) is 11.5 Å². The lowest BCUT2D eigenvalue weighted by Crippen LogP contribution is -2.31. The number of fused-ring (bicyclic) bond motifs is 1. The number of hydrogen-bond donors (Lipinski definition) is 3. The maximum Gasteiger partial charge on any atom is 0.762 e. The Morgan fingerprint density at radius 2 is 1.83 bits per heavy atom. The van der Waals surface area contributed by atoms with Gasteiger partial charge in [0.1, 0.15) is 0 Å². The molecular formula is C11H15BF3N3. The molecule has 0 radical (unpaired) electrons. The van der Waals surface area contributed by atoms with Gasteiger partial charge in [-0.05, 0) is 18.1 Å². The third-order valence-electron chi connectivity index (χ3n) is 2.46. The first kappa shape index (κ1) is 14.6. The number of H-pyrrole nitrogens is 1. The van der Waals surface area contributed by atoms with Crippen molar-refractivity contribution in [3.8, 4) is 0 Å². The van der Waals surface area contributed by atoms with E-state index in [4.69, 9.17) is 11.5 Å². The zero-order valence-electron chi connectivity index (χ0n) is 9.74. The minimum atomic E-state index is -3.67. The molecule has 18 heavy (non-hydrogen) atoms. The second-order valence-corrected chi connectivity index (χ2v) is 3.81. The van der Waals surface area contributed by atoms with Crippen molar-refractivity contribution in [1.29, 1.82) is 0 Å². The van der Waals surface area contributed by atoms with Crippen LogP contribution in [0.1, 0.15) is 5.56 Å². The zero-order valence-corrected chi connectivity index (χ0v) is 9.74. The van der Waals surface area contributed by atoms with Gasteiger partial charge in [0.15, 0.2) is 0 Å². The second-order valence-electron chi connectivity index (χ2n) is 3.81. The number of aromatic amines is 1. The van der Waals surface area contributed by atoms with Crippen molar-refractivity contribution in [3.05, 3.63) is 36.0 Å². The highest BCUT2D eigenvalue weighted by Crippen LogP contribution is 2.18. The fraction of sp³-hybridized carbons (Fsp3) is 0.273. The zero-order chi connectivity index (χ0) is 13.5. The molecule has 1 heterocycles. The molecule has 0 fully saturated rings. The minimum Gasteiger partial charge on any atom is -0.361 e. The highest BCUT2D eigenvalue weighted by molar-refractivity contribution is 6.33. The fourth-order valence-corrected chi connectivity index (χ4v) is 1.67. The van der Waals surface area contributed by atoms with Gasteiger partial charge in [0.25, 0.3) is 0 Å². The van der Waals surface area contributed by atoms with Crippen LogP contribution in [0, 0.1) is 0 Å². The Bertz CT molecular complexity index is 473. The van der Waals surface area contributed by atoms with E-state index in [-0.39, 0.29) is 6.04 Å². The van der Waals surface area contributed by atoms with Crippen molar-refractivity contribution >= 4 is 18.4 Å². The van der Waals surface area contributed by atoms with E-state index in [1.165, 1.54) is 10.9 Å². The summed E-state index contributed by atoms with van der Waals surface area (Å²) in [5, 5.41) is 1.25. The van der Waals surface area contributed by atoms with E-state index in [1.807, 2.05) is 18.3 Å². The smallest absolute Gasteiger partial charge is 0.361 e. The Kier molecular flexibility index (Phi) is 5.74. The Labute approximate surface area is 104 Å². The molecule has 3 nitrogen and oxygen atoms in total. The van der Waals surface area contributed by atoms with Gasteiger partial charge in [-0.25, -0.2) is 0 Å². The minimum absolute atomic E-state index is 0.0502. The maximum absolute atomic E-state index is 9.67. The van der Waals surface area contributed by atoms with Crippen molar-refractivity contribution < 1.29 is 12.9 Å². The summed E-state index contributed by atoms with van der Waals surface area (Å²) >= 11 is 0. The number of aromatic nitrogens is 1. The van der Waals surface area contributed by atoms with Crippen LogP contribution in [0.2, 0.25) is 0 Å². The van der Waals surface area contributed by atoms with E-state index in [2.05, 4.69) is 17.1 Å². The van der Waals surface area contributed by atoms with Crippen LogP contribution < -0.4 is 11.5 Å². The summed E-state index contributed by atoms with van der Waals surface area (Å²) in [5.41, 5.74) is 13.7. The fourth-order valence-electron chi connectivity index (χ4n) is 1.67. The van der Waals surface area contributed by atoms with Crippen LogP contribution >= 0.6 is 0 Å². The Morgan fingerprint density at radius 3 is 2.44 bits per heavy atom. The largest absolute Gasteiger partial charge is 0.762 e. The van der Waals surface area contributed by atoms with Gasteiger partial charge >= 0.3 is 7.54 Å². The van der Waals surface area contributed by atoms with Crippen molar-refractivity contribution in [2.75, 3.05) is 6.54 Å². The van der Waals surface area contributed by atoms with E-state index >= 15 is 0 Å². The molecule has 1 aromatic heterocycles. The van der Waals surface area contributed by atoms with Gasteiger partial charge in [0.2, 0.25) is 0 Å². The Morgan fingerprint density at radius 1 is 1.22 bits per heavy atom. The summed E-state index contributed by atoms with van der Waals surface area (Å²) in [6, 6.07) is 8.27. The highest BCUT2D eigenvalue weighted by atomic mass is 19.4. The molecule has 0 amide bonds. The molecule has 0 saturated carbocycles. The maximum atomic E-state index is 9.67. The van der Waals surface area contributed by atoms with Crippen molar-refractivity contribution in [2.45, 2.75) is 12.5 Å². The first-order valence-corrected chi connectivity index (χ1v) is 5.47. The number of hydrogen-bond acceptors (Lipinski definition) is 2. The van der Waals surface area contributed by atoms with Crippen LogP contribution in [0.15, 0.2) is 30.5 Å². The van der Waals surface area contributed by atoms with E-state index in [1.54, 1.807) is 0 Å². The molecule has 7 heteroatoms. The summed E-state index contributed by atoms with van der Waals surface area (Å²) in [4.78, 5) is 3.22. The molecule has 0 aliphatic carbocycles. The SMILES string of the molecule is FB(F)F.NCC(N)Cc1c[nH]c2ccccc12. The van der Waals surface area contributed by atoms with Gasteiger partial charge in [0, 0.05) is 29.7 Å². The molecule has 0 bridgehead atoms. The summed E-state index contributed by atoms with van der Waals surface area (Å²) in [6.07, 6.45) is 2.85. The number of benzene rings is 1. The normalized spacial score (nSPS) is 11.8. The van der Waals surface area contributed by atoms with Crippen LogP contribution in [-0.2, 0) is 6.42 Å². The highest BCUT2D eigenvalue weighted by Gasteiger charge is 2.07. The third-order valence-corrected chi connectivity index (χ3v) is 2.46. The standard InChI is InChI=1S/C11H15N3.BF3/c12-6-9(13)5-8-7-14-11-4-2-1-3-10(8)11;2-1(3)4/h1-4,7,9,14H,5-6,12-13H2;. The molecule has 2 rings (SSSR count). The van der Waals surface area contributed by atoms with Gasteiger partial charge < -0.3 is 16.5 Å². The van der Waals surface area contributed by atoms with Crippen molar-refractivity contribution in [1.82, 2.24) is 4.98 Å². The quantitative estimate of drug-likeness (QED) is 0.735. The van der Waals surface area contributed by atoms with Crippen LogP contribution in [0.3, 0.4) is 0 Å². The lowest BCUT2D eigenvalue weighted by molar-refractivity contribution is 0.535. The molecular weight excluding hydrogens is 242 g/mol. The van der Waals surface area contributed by atoms with E-state index in [0.29, 0.717) is 6.54 Å². The van der Waals surface area contributed by atoms with Gasteiger partial charge in [-0.3, -0.25) is 12.9 Å². The van der Waals surface area contributed by atoms with E-state index < -0.39 is 7.54 Å². The molecule has 1 atom stereocenters. The molecule has 98 valence electrons. The number of halogens is 3. The van der Waals surface area contributed by atoms with E-state index in [9.17, 15) is 12.9 Å². The lowest BCUT2D eigenvalue weighted by atomic mass is 10.1. The van der Waals surface area contributed by atoms with Gasteiger partial charge in [-0.2, -0.15) is 0 Å². The molecule has 1 unspecified atom stereocenters. The van der Waals surface area contributed by atoms with Crippen LogP contribution in [0.4, 0.5) is 12.9 Å². The summed E-state index contributed by atoms with van der Waals surface area (Å²) < 4.78 is 29.0. The van der Waals surface area contributed by atoms with Crippen LogP contribution in [-0.4, -0.2) is 25.1 Å². The van der Waals surface area contributed by atoms with Gasteiger partial charge in [-0.15, -0.1) is 0 Å². The van der Waals surface area contributed by atoms with Crippen molar-refractivity contribution in [3.63, 3.8) is 0 Å². The first-order chi connectivity index (χ1) is 8.54. The predicted octanol–water partition coefficient (Wildman–Crippen LogP) is 1.88. The van der Waals surface area contributed by atoms with Gasteiger partial charge in [-0.1, -0.05) is 18.2 Å². The summed E-state index contributed by atoms with van der Waals surface area (Å²) in [7, 11) is -3.67. The molecule has 5 N–H and O–H groups in total. The molecule has 0 aliphatic rings. The topological polar surface area (TPSA) is 67.8 Å². The first-order valence-electron chi connectivity index (χ1n) is 5.47. The molecule has 0 saturated heterocycles. The molecule has 0 aliphatic heterocycles. The van der Waals surface area contributed by atoms with Crippen LogP contribution in [0.25, 0.3) is 10.9 Å². The Balaban J connectivity index is 0.000000357. The number of para-hydroxylation sites is 1. The molecule has 2 aromatic rings. The van der Waals surface area contributed by atoms with E-state index in [0.717, 1.165) is 11.9 Å². The molecule has 1 aromatic carbocycles. The Hall–Kier alpha value is -1.47. The average molecular weight is 257 g/mol. The second kappa shape index (κ2) is 7.08. The number of rotatable bonds is 3. The van der Waals surface area contributed by atoms with Gasteiger partial charge in [0.05, 0.1) is 0 Å². The summed E-state index contributed by atoms with van der Waals surface area (Å²) in [5.74, 6) is 0.